The summed E-state index contributed by atoms with van der Waals surface area (Å²) in [5.41, 5.74) is -0.616. The van der Waals surface area contributed by atoms with Gasteiger partial charge in [-0.05, 0) is 52.2 Å². The van der Waals surface area contributed by atoms with E-state index in [0.29, 0.717) is 6.54 Å². The molecular formula is C20H27F3N4O3. The first-order valence-electron chi connectivity index (χ1n) is 9.36. The van der Waals surface area contributed by atoms with Crippen molar-refractivity contribution in [2.24, 2.45) is 0 Å². The molecule has 0 radical (unpaired) electrons. The first-order chi connectivity index (χ1) is 14.1. The Labute approximate surface area is 174 Å². The quantitative estimate of drug-likeness (QED) is 0.537. The van der Waals surface area contributed by atoms with Gasteiger partial charge in [0.15, 0.2) is 12.1 Å². The number of hydrogen-bond acceptors (Lipinski definition) is 6. The Hall–Kier alpha value is -2.43. The first kappa shape index (κ1) is 23.8. The predicted octanol–water partition coefficient (Wildman–Crippen LogP) is 3.77. The van der Waals surface area contributed by atoms with Gasteiger partial charge in [-0.15, -0.1) is 5.10 Å². The number of rotatable bonds is 10. The summed E-state index contributed by atoms with van der Waals surface area (Å²) in [6, 6.07) is 3.47. The van der Waals surface area contributed by atoms with Crippen LogP contribution in [0.5, 0.6) is 5.75 Å². The van der Waals surface area contributed by atoms with Gasteiger partial charge in [-0.1, -0.05) is 0 Å². The van der Waals surface area contributed by atoms with Crippen molar-refractivity contribution in [1.29, 1.82) is 0 Å². The van der Waals surface area contributed by atoms with Crippen LogP contribution in [-0.2, 0) is 15.7 Å². The Bertz CT molecular complexity index is 835. The van der Waals surface area contributed by atoms with E-state index in [9.17, 15) is 13.2 Å². The van der Waals surface area contributed by atoms with Crippen LogP contribution in [0.25, 0.3) is 17.6 Å². The van der Waals surface area contributed by atoms with E-state index in [1.165, 1.54) is 24.2 Å². The molecule has 0 spiro atoms. The number of likely N-dealkylation sites (N-methyl/N-ethyl adjacent to an activating group) is 1. The molecule has 0 aliphatic carbocycles. The molecule has 2 rings (SSSR count). The molecule has 0 N–H and O–H groups in total. The molecule has 0 saturated heterocycles. The second-order valence-corrected chi connectivity index (χ2v) is 7.07. The van der Waals surface area contributed by atoms with Crippen LogP contribution in [0.4, 0.5) is 13.2 Å². The van der Waals surface area contributed by atoms with Crippen LogP contribution in [0.3, 0.4) is 0 Å². The van der Waals surface area contributed by atoms with E-state index in [0.717, 1.165) is 12.1 Å². The molecule has 7 nitrogen and oxygen atoms in total. The highest BCUT2D eigenvalue weighted by atomic mass is 19.4. The van der Waals surface area contributed by atoms with Crippen molar-refractivity contribution in [3.05, 3.63) is 36.2 Å². The second-order valence-electron chi connectivity index (χ2n) is 7.07. The number of halogens is 3. The van der Waals surface area contributed by atoms with Gasteiger partial charge in [0.1, 0.15) is 18.7 Å². The zero-order chi connectivity index (χ0) is 22.3. The number of alkyl halides is 3. The van der Waals surface area contributed by atoms with Crippen LogP contribution in [-0.4, -0.2) is 66.4 Å². The highest BCUT2D eigenvalue weighted by Crippen LogP contribution is 2.34. The molecule has 0 aliphatic heterocycles. The van der Waals surface area contributed by atoms with Gasteiger partial charge in [0.05, 0.1) is 11.7 Å². The third-order valence-electron chi connectivity index (χ3n) is 3.84. The molecule has 0 aliphatic rings. The molecular weight excluding hydrogens is 401 g/mol. The first-order valence-corrected chi connectivity index (χ1v) is 9.36. The van der Waals surface area contributed by atoms with E-state index in [-0.39, 0.29) is 29.8 Å². The Morgan fingerprint density at radius 3 is 2.53 bits per heavy atom. The monoisotopic (exact) mass is 428 g/mol. The molecule has 2 aromatic rings. The van der Waals surface area contributed by atoms with Crippen molar-refractivity contribution in [3.63, 3.8) is 0 Å². The maximum Gasteiger partial charge on any atom is 0.416 e. The van der Waals surface area contributed by atoms with Crippen LogP contribution < -0.4 is 4.74 Å². The van der Waals surface area contributed by atoms with Crippen molar-refractivity contribution >= 4 is 6.20 Å². The standard InChI is InChI=1S/C20H27F3N4O3/c1-14(2)30-18(28-5)6-7-27-13-24-19(25-27)15-10-16(20(21,22)23)12-17(11-15)29-9-8-26(3)4/h6-7,10-14,18H,8-9H2,1-5H3/b7-6+. The summed E-state index contributed by atoms with van der Waals surface area (Å²) in [6.07, 6.45) is -0.557. The lowest BCUT2D eigenvalue weighted by molar-refractivity contribution is -0.137. The van der Waals surface area contributed by atoms with E-state index in [4.69, 9.17) is 14.2 Å². The van der Waals surface area contributed by atoms with Crippen LogP contribution in [0.1, 0.15) is 19.4 Å². The van der Waals surface area contributed by atoms with E-state index in [1.54, 1.807) is 12.3 Å². The van der Waals surface area contributed by atoms with Gasteiger partial charge in [0.2, 0.25) is 0 Å². The Morgan fingerprint density at radius 2 is 1.93 bits per heavy atom. The topological polar surface area (TPSA) is 61.6 Å². The van der Waals surface area contributed by atoms with Gasteiger partial charge < -0.3 is 19.1 Å². The summed E-state index contributed by atoms with van der Waals surface area (Å²) < 4.78 is 57.5. The number of aromatic nitrogens is 3. The van der Waals surface area contributed by atoms with E-state index >= 15 is 0 Å². The summed E-state index contributed by atoms with van der Waals surface area (Å²) in [4.78, 5) is 5.99. The minimum atomic E-state index is -4.52. The van der Waals surface area contributed by atoms with E-state index in [2.05, 4.69) is 10.1 Å². The fourth-order valence-electron chi connectivity index (χ4n) is 2.41. The highest BCUT2D eigenvalue weighted by Gasteiger charge is 2.32. The maximum atomic E-state index is 13.3. The van der Waals surface area contributed by atoms with Crippen LogP contribution in [0.15, 0.2) is 30.6 Å². The summed E-state index contributed by atoms with van der Waals surface area (Å²) >= 11 is 0. The Balaban J connectivity index is 2.25. The molecule has 1 aromatic heterocycles. The van der Waals surface area contributed by atoms with Gasteiger partial charge in [0.25, 0.3) is 0 Å². The van der Waals surface area contributed by atoms with Crippen molar-refractivity contribution in [2.45, 2.75) is 32.4 Å². The fourth-order valence-corrected chi connectivity index (χ4v) is 2.41. The van der Waals surface area contributed by atoms with Gasteiger partial charge in [-0.3, -0.25) is 0 Å². The number of nitrogens with zero attached hydrogens (tertiary/aromatic N) is 4. The minimum Gasteiger partial charge on any atom is -0.492 e. The molecule has 1 atom stereocenters. The van der Waals surface area contributed by atoms with Crippen molar-refractivity contribution < 1.29 is 27.4 Å². The largest absolute Gasteiger partial charge is 0.492 e. The molecule has 0 bridgehead atoms. The SMILES string of the molecule is COC(/C=C/n1cnc(-c2cc(OCCN(C)C)cc(C(F)(F)F)c2)n1)OC(C)C. The molecule has 10 heteroatoms. The van der Waals surface area contributed by atoms with Crippen LogP contribution >= 0.6 is 0 Å². The Morgan fingerprint density at radius 1 is 1.20 bits per heavy atom. The fraction of sp³-hybridized carbons (Fsp3) is 0.500. The molecule has 1 unspecified atom stereocenters. The average Bonchev–Trinajstić information content (AvgIpc) is 3.12. The number of benzene rings is 1. The second kappa shape index (κ2) is 10.6. The minimum absolute atomic E-state index is 0.0399. The average molecular weight is 428 g/mol. The van der Waals surface area contributed by atoms with Gasteiger partial charge in [0, 0.05) is 25.4 Å². The molecule has 30 heavy (non-hydrogen) atoms. The molecule has 166 valence electrons. The zero-order valence-corrected chi connectivity index (χ0v) is 17.7. The Kier molecular flexibility index (Phi) is 8.39. The summed E-state index contributed by atoms with van der Waals surface area (Å²) in [6.45, 7) is 4.58. The predicted molar refractivity (Wildman–Crippen MR) is 107 cm³/mol. The zero-order valence-electron chi connectivity index (χ0n) is 17.7. The number of hydrogen-bond donors (Lipinski definition) is 0. The number of methoxy groups -OCH3 is 1. The number of ether oxygens (including phenoxy) is 3. The smallest absolute Gasteiger partial charge is 0.416 e. The molecule has 0 amide bonds. The summed E-state index contributed by atoms with van der Waals surface area (Å²) in [5, 5.41) is 4.22. The molecule has 1 aromatic carbocycles. The van der Waals surface area contributed by atoms with Gasteiger partial charge >= 0.3 is 6.18 Å². The van der Waals surface area contributed by atoms with E-state index in [1.807, 2.05) is 32.8 Å². The van der Waals surface area contributed by atoms with Crippen molar-refractivity contribution in [2.75, 3.05) is 34.4 Å². The van der Waals surface area contributed by atoms with E-state index < -0.39 is 18.0 Å². The summed E-state index contributed by atoms with van der Waals surface area (Å²) in [5.74, 6) is 0.250. The van der Waals surface area contributed by atoms with Crippen LogP contribution in [0, 0.1) is 0 Å². The molecule has 0 saturated carbocycles. The lowest BCUT2D eigenvalue weighted by Crippen LogP contribution is -2.19. The molecule has 0 fully saturated rings. The normalized spacial score (nSPS) is 13.5. The maximum absolute atomic E-state index is 13.3. The lowest BCUT2D eigenvalue weighted by atomic mass is 10.1. The lowest BCUT2D eigenvalue weighted by Gasteiger charge is -2.14. The van der Waals surface area contributed by atoms with Crippen LogP contribution in [0.2, 0.25) is 0 Å². The van der Waals surface area contributed by atoms with Crippen molar-refractivity contribution in [3.8, 4) is 17.1 Å². The van der Waals surface area contributed by atoms with Crippen molar-refractivity contribution in [1.82, 2.24) is 19.7 Å². The molecule has 1 heterocycles. The third-order valence-corrected chi connectivity index (χ3v) is 3.84. The summed E-state index contributed by atoms with van der Waals surface area (Å²) in [7, 11) is 5.21. The highest BCUT2D eigenvalue weighted by molar-refractivity contribution is 5.59. The van der Waals surface area contributed by atoms with Gasteiger partial charge in [-0.2, -0.15) is 13.2 Å². The third kappa shape index (κ3) is 7.43. The van der Waals surface area contributed by atoms with Gasteiger partial charge in [-0.25, -0.2) is 9.67 Å².